The zero-order valence-corrected chi connectivity index (χ0v) is 17.0. The van der Waals surface area contributed by atoms with E-state index in [4.69, 9.17) is 11.6 Å². The molecule has 1 N–H and O–H groups in total. The van der Waals surface area contributed by atoms with Gasteiger partial charge in [-0.2, -0.15) is 0 Å². The maximum atomic E-state index is 13.4. The maximum absolute atomic E-state index is 13.4. The molecule has 4 nitrogen and oxygen atoms in total. The summed E-state index contributed by atoms with van der Waals surface area (Å²) >= 11 is 7.76. The van der Waals surface area contributed by atoms with Gasteiger partial charge in [0.15, 0.2) is 0 Å². The summed E-state index contributed by atoms with van der Waals surface area (Å²) in [6.07, 6.45) is 2.06. The summed E-state index contributed by atoms with van der Waals surface area (Å²) in [6, 6.07) is 23.3. The molecule has 0 saturated heterocycles. The second-order valence-electron chi connectivity index (χ2n) is 6.92. The number of benzene rings is 2. The minimum absolute atomic E-state index is 0.157. The Morgan fingerprint density at radius 3 is 2.76 bits per heavy atom. The third-order valence-electron chi connectivity index (χ3n) is 5.11. The fraction of sp³-hybridized carbons (Fsp3) is 0.0870. The molecule has 6 heteroatoms. The number of hydrogen-bond donors (Lipinski definition) is 1. The SMILES string of the molecule is O=C(Nc1cccc(Cl)c1)N1Cc2ccccc2-n2cccc2[C@H]1c1cccs1. The van der Waals surface area contributed by atoms with Crippen LogP contribution in [-0.4, -0.2) is 15.5 Å². The number of thiophene rings is 1. The van der Waals surface area contributed by atoms with Crippen molar-refractivity contribution in [3.63, 3.8) is 0 Å². The first-order valence-electron chi connectivity index (χ1n) is 9.33. The van der Waals surface area contributed by atoms with Crippen molar-refractivity contribution < 1.29 is 4.79 Å². The van der Waals surface area contributed by atoms with Crippen LogP contribution in [0.2, 0.25) is 5.02 Å². The molecule has 0 fully saturated rings. The van der Waals surface area contributed by atoms with Crippen molar-refractivity contribution in [2.24, 2.45) is 0 Å². The number of amides is 2. The van der Waals surface area contributed by atoms with Gasteiger partial charge in [0.25, 0.3) is 0 Å². The van der Waals surface area contributed by atoms with Crippen molar-refractivity contribution in [3.05, 3.63) is 106 Å². The van der Waals surface area contributed by atoms with Gasteiger partial charge in [-0.1, -0.05) is 41.9 Å². The van der Waals surface area contributed by atoms with Gasteiger partial charge >= 0.3 is 6.03 Å². The zero-order chi connectivity index (χ0) is 19.8. The van der Waals surface area contributed by atoms with Crippen molar-refractivity contribution in [2.45, 2.75) is 12.6 Å². The Bertz CT molecular complexity index is 1170. The molecule has 0 bridgehead atoms. The quantitative estimate of drug-likeness (QED) is 0.405. The number of carbonyl (C=O) groups is 1. The number of carbonyl (C=O) groups excluding carboxylic acids is 1. The molecule has 5 rings (SSSR count). The van der Waals surface area contributed by atoms with Crippen LogP contribution in [0.4, 0.5) is 10.5 Å². The number of anilines is 1. The van der Waals surface area contributed by atoms with Crippen molar-refractivity contribution in [1.29, 1.82) is 0 Å². The summed E-state index contributed by atoms with van der Waals surface area (Å²) in [5.41, 5.74) is 3.95. The van der Waals surface area contributed by atoms with E-state index >= 15 is 0 Å². The van der Waals surface area contributed by atoms with Crippen LogP contribution >= 0.6 is 22.9 Å². The second-order valence-corrected chi connectivity index (χ2v) is 8.33. The molecular formula is C23H18ClN3OS. The van der Waals surface area contributed by atoms with Gasteiger partial charge in [-0.15, -0.1) is 11.3 Å². The maximum Gasteiger partial charge on any atom is 0.323 e. The molecule has 2 amide bonds. The molecule has 0 spiro atoms. The number of nitrogens with zero attached hydrogens (tertiary/aromatic N) is 2. The van der Waals surface area contributed by atoms with E-state index < -0.39 is 0 Å². The van der Waals surface area contributed by atoms with E-state index in [1.165, 1.54) is 0 Å². The van der Waals surface area contributed by atoms with Crippen LogP contribution in [0.15, 0.2) is 84.4 Å². The molecule has 3 heterocycles. The fourth-order valence-electron chi connectivity index (χ4n) is 3.85. The molecular weight excluding hydrogens is 402 g/mol. The van der Waals surface area contributed by atoms with Gasteiger partial charge in [0.2, 0.25) is 0 Å². The minimum Gasteiger partial charge on any atom is -0.318 e. The monoisotopic (exact) mass is 419 g/mol. The van der Waals surface area contributed by atoms with Crippen molar-refractivity contribution in [1.82, 2.24) is 9.47 Å². The van der Waals surface area contributed by atoms with E-state index in [2.05, 4.69) is 40.3 Å². The topological polar surface area (TPSA) is 37.3 Å². The third-order valence-corrected chi connectivity index (χ3v) is 6.27. The summed E-state index contributed by atoms with van der Waals surface area (Å²) < 4.78 is 2.19. The summed E-state index contributed by atoms with van der Waals surface area (Å²) in [5, 5.41) is 5.66. The highest BCUT2D eigenvalue weighted by atomic mass is 35.5. The predicted molar refractivity (Wildman–Crippen MR) is 118 cm³/mol. The number of rotatable bonds is 2. The van der Waals surface area contributed by atoms with Crippen LogP contribution in [0.5, 0.6) is 0 Å². The molecule has 1 aliphatic rings. The Morgan fingerprint density at radius 2 is 1.93 bits per heavy atom. The molecule has 0 radical (unpaired) electrons. The van der Waals surface area contributed by atoms with Gasteiger partial charge in [-0.3, -0.25) is 0 Å². The lowest BCUT2D eigenvalue weighted by Crippen LogP contribution is -2.37. The van der Waals surface area contributed by atoms with Gasteiger partial charge in [0, 0.05) is 21.8 Å². The normalized spacial score (nSPS) is 15.3. The molecule has 2 aromatic heterocycles. The van der Waals surface area contributed by atoms with E-state index in [1.54, 1.807) is 23.5 Å². The van der Waals surface area contributed by atoms with Crippen molar-refractivity contribution in [3.8, 4) is 5.69 Å². The first kappa shape index (κ1) is 18.0. The van der Waals surface area contributed by atoms with E-state index in [0.717, 1.165) is 21.8 Å². The molecule has 4 aromatic rings. The summed E-state index contributed by atoms with van der Waals surface area (Å²) in [6.45, 7) is 0.507. The smallest absolute Gasteiger partial charge is 0.318 e. The molecule has 0 aliphatic carbocycles. The Morgan fingerprint density at radius 1 is 1.03 bits per heavy atom. The molecule has 0 saturated carbocycles. The van der Waals surface area contributed by atoms with Gasteiger partial charge in [-0.25, -0.2) is 4.79 Å². The standard InChI is InChI=1S/C23H18ClN3OS/c24-17-7-3-8-18(14-17)25-23(28)27-15-16-6-1-2-9-19(16)26-12-4-10-20(26)22(27)21-11-5-13-29-21/h1-14,22H,15H2,(H,25,28)/t22-/m0/s1. The van der Waals surface area contributed by atoms with Crippen molar-refractivity contribution >= 4 is 34.7 Å². The lowest BCUT2D eigenvalue weighted by Gasteiger charge is -2.30. The van der Waals surface area contributed by atoms with Crippen LogP contribution in [0, 0.1) is 0 Å². The predicted octanol–water partition coefficient (Wildman–Crippen LogP) is 6.33. The number of fused-ring (bicyclic) bond motifs is 3. The highest BCUT2D eigenvalue weighted by molar-refractivity contribution is 7.10. The van der Waals surface area contributed by atoms with E-state index in [9.17, 15) is 4.79 Å². The highest BCUT2D eigenvalue weighted by Crippen LogP contribution is 2.38. The Labute approximate surface area is 178 Å². The number of halogens is 1. The third kappa shape index (κ3) is 3.33. The highest BCUT2D eigenvalue weighted by Gasteiger charge is 2.33. The fourth-order valence-corrected chi connectivity index (χ4v) is 4.89. The minimum atomic E-state index is -0.184. The molecule has 29 heavy (non-hydrogen) atoms. The Hall–Kier alpha value is -3.02. The summed E-state index contributed by atoms with van der Waals surface area (Å²) in [4.78, 5) is 16.5. The molecule has 1 atom stereocenters. The summed E-state index contributed by atoms with van der Waals surface area (Å²) in [7, 11) is 0. The van der Waals surface area contributed by atoms with Crippen LogP contribution in [-0.2, 0) is 6.54 Å². The zero-order valence-electron chi connectivity index (χ0n) is 15.5. The summed E-state index contributed by atoms with van der Waals surface area (Å²) in [5.74, 6) is 0. The second kappa shape index (κ2) is 7.43. The lowest BCUT2D eigenvalue weighted by atomic mass is 10.1. The van der Waals surface area contributed by atoms with Gasteiger partial charge in [0.05, 0.1) is 17.9 Å². The van der Waals surface area contributed by atoms with Crippen molar-refractivity contribution in [2.75, 3.05) is 5.32 Å². The number of para-hydroxylation sites is 1. The average molecular weight is 420 g/mol. The van der Waals surface area contributed by atoms with Crippen LogP contribution in [0.3, 0.4) is 0 Å². The number of nitrogens with one attached hydrogen (secondary N) is 1. The number of urea groups is 1. The first-order chi connectivity index (χ1) is 14.2. The number of hydrogen-bond acceptors (Lipinski definition) is 2. The van der Waals surface area contributed by atoms with E-state index in [0.29, 0.717) is 17.3 Å². The molecule has 0 unspecified atom stereocenters. The van der Waals surface area contributed by atoms with Gasteiger partial charge < -0.3 is 14.8 Å². The largest absolute Gasteiger partial charge is 0.323 e. The Kier molecular flexibility index (Phi) is 4.62. The van der Waals surface area contributed by atoms with Crippen LogP contribution in [0.25, 0.3) is 5.69 Å². The van der Waals surface area contributed by atoms with Crippen LogP contribution < -0.4 is 5.32 Å². The van der Waals surface area contributed by atoms with E-state index in [1.807, 2.05) is 46.7 Å². The van der Waals surface area contributed by atoms with Gasteiger partial charge in [0.1, 0.15) is 6.04 Å². The van der Waals surface area contributed by atoms with E-state index in [-0.39, 0.29) is 12.1 Å². The van der Waals surface area contributed by atoms with Gasteiger partial charge in [-0.05, 0) is 53.4 Å². The lowest BCUT2D eigenvalue weighted by molar-refractivity contribution is 0.195. The molecule has 2 aromatic carbocycles. The molecule has 144 valence electrons. The number of aromatic nitrogens is 1. The average Bonchev–Trinajstić information content (AvgIpc) is 3.39. The van der Waals surface area contributed by atoms with Crippen LogP contribution in [0.1, 0.15) is 22.2 Å². The first-order valence-corrected chi connectivity index (χ1v) is 10.6. The molecule has 1 aliphatic heterocycles. The Balaban J connectivity index is 1.61.